The number of esters is 1. The number of ether oxygens (including phenoxy) is 1. The van der Waals surface area contributed by atoms with Crippen molar-refractivity contribution in [3.63, 3.8) is 0 Å². The molecule has 1 aliphatic rings. The van der Waals surface area contributed by atoms with E-state index in [1.807, 2.05) is 42.5 Å². The highest BCUT2D eigenvalue weighted by Crippen LogP contribution is 2.19. The normalized spacial score (nSPS) is 15.2. The molecule has 212 valence electrons. The minimum absolute atomic E-state index is 0.108. The molecule has 0 aromatic heterocycles. The zero-order valence-corrected chi connectivity index (χ0v) is 24.0. The molecule has 0 saturated carbocycles. The zero-order chi connectivity index (χ0) is 27.9. The molecule has 1 heterocycles. The Bertz CT molecular complexity index is 1100. The Morgan fingerprint density at radius 2 is 1.64 bits per heavy atom. The van der Waals surface area contributed by atoms with E-state index in [0.29, 0.717) is 19.7 Å². The number of carbonyl (C=O) groups is 3. The first-order chi connectivity index (χ1) is 19.0. The smallest absolute Gasteiger partial charge is 0.308 e. The third-order valence-corrected chi connectivity index (χ3v) is 7.53. The average Bonchev–Trinajstić information content (AvgIpc) is 2.93. The monoisotopic (exact) mass is 553 g/mol. The predicted molar refractivity (Wildman–Crippen MR) is 159 cm³/mol. The number of unbranched alkanes of at least 4 members (excludes halogenated alkanes) is 9. The third-order valence-electron chi connectivity index (χ3n) is 7.19. The molecule has 2 aromatic carbocycles. The highest BCUT2D eigenvalue weighted by molar-refractivity contribution is 7.80. The molecule has 1 unspecified atom stereocenters. The van der Waals surface area contributed by atoms with Crippen molar-refractivity contribution in [2.45, 2.75) is 90.0 Å². The van der Waals surface area contributed by atoms with Crippen LogP contribution in [-0.4, -0.2) is 53.5 Å². The van der Waals surface area contributed by atoms with Gasteiger partial charge in [-0.05, 0) is 35.0 Å². The summed E-state index contributed by atoms with van der Waals surface area (Å²) in [7, 11) is 0. The highest BCUT2D eigenvalue weighted by atomic mass is 32.1. The van der Waals surface area contributed by atoms with Gasteiger partial charge in [-0.15, -0.1) is 0 Å². The van der Waals surface area contributed by atoms with Crippen LogP contribution in [0.2, 0.25) is 0 Å². The van der Waals surface area contributed by atoms with Gasteiger partial charge < -0.3 is 20.3 Å². The Hall–Kier alpha value is -3.00. The van der Waals surface area contributed by atoms with E-state index in [1.165, 1.54) is 44.9 Å². The molecule has 3 rings (SSSR count). The van der Waals surface area contributed by atoms with Crippen LogP contribution in [-0.2, 0) is 25.5 Å². The molecule has 0 aliphatic carbocycles. The molecule has 2 amide bonds. The van der Waals surface area contributed by atoms with Crippen molar-refractivity contribution in [3.8, 4) is 0 Å². The van der Waals surface area contributed by atoms with E-state index in [-0.39, 0.29) is 29.8 Å². The topological polar surface area (TPSA) is 87.7 Å². The van der Waals surface area contributed by atoms with Crippen LogP contribution in [0.4, 0.5) is 0 Å². The maximum Gasteiger partial charge on any atom is 0.308 e. The van der Waals surface area contributed by atoms with Crippen LogP contribution >= 0.6 is 12.2 Å². The summed E-state index contributed by atoms with van der Waals surface area (Å²) in [6, 6.07) is 13.0. The number of hydrogen-bond donors (Lipinski definition) is 2. The van der Waals surface area contributed by atoms with Gasteiger partial charge in [0.25, 0.3) is 0 Å². The van der Waals surface area contributed by atoms with Crippen molar-refractivity contribution in [2.75, 3.05) is 19.7 Å². The molecule has 0 radical (unpaired) electrons. The first-order valence-electron chi connectivity index (χ1n) is 14.5. The number of rotatable bonds is 15. The van der Waals surface area contributed by atoms with Crippen LogP contribution in [0.3, 0.4) is 0 Å². The summed E-state index contributed by atoms with van der Waals surface area (Å²) in [6.45, 7) is 3.39. The number of amides is 2. The largest absolute Gasteiger partial charge is 0.466 e. The summed E-state index contributed by atoms with van der Waals surface area (Å²) in [5.41, 5.74) is 0.900. The number of carbonyl (C=O) groups excluding carboxylic acids is 3. The van der Waals surface area contributed by atoms with Crippen molar-refractivity contribution in [3.05, 3.63) is 48.0 Å². The van der Waals surface area contributed by atoms with Gasteiger partial charge in [0.2, 0.25) is 11.8 Å². The summed E-state index contributed by atoms with van der Waals surface area (Å²) in [6.07, 6.45) is 12.1. The Kier molecular flexibility index (Phi) is 13.2. The molecule has 1 fully saturated rings. The van der Waals surface area contributed by atoms with Crippen LogP contribution in [0.1, 0.15) is 83.1 Å². The van der Waals surface area contributed by atoms with Gasteiger partial charge in [-0.2, -0.15) is 0 Å². The van der Waals surface area contributed by atoms with Crippen LogP contribution in [0, 0.1) is 0 Å². The number of hydrogen-bond acceptors (Lipinski definition) is 5. The van der Waals surface area contributed by atoms with Crippen molar-refractivity contribution < 1.29 is 19.1 Å². The van der Waals surface area contributed by atoms with E-state index in [4.69, 9.17) is 17.0 Å². The standard InChI is InChI=1S/C31H43N3O4S/c1-2-3-4-5-6-7-8-9-10-13-21-38-29(36)23-27-30(37)32-19-20-34(27)31(39)33-28(35)22-25-17-14-16-24-15-11-12-18-26(24)25/h11-12,14-18,27H,2-10,13,19-23H2,1H3,(H,32,37)(H,33,35,39). The van der Waals surface area contributed by atoms with Crippen molar-refractivity contribution in [2.24, 2.45) is 0 Å². The van der Waals surface area contributed by atoms with E-state index in [2.05, 4.69) is 17.6 Å². The van der Waals surface area contributed by atoms with Gasteiger partial charge >= 0.3 is 5.97 Å². The Morgan fingerprint density at radius 3 is 2.38 bits per heavy atom. The van der Waals surface area contributed by atoms with Crippen LogP contribution < -0.4 is 10.6 Å². The van der Waals surface area contributed by atoms with E-state index in [1.54, 1.807) is 4.90 Å². The maximum atomic E-state index is 12.8. The predicted octanol–water partition coefficient (Wildman–Crippen LogP) is 5.44. The molecule has 0 spiro atoms. The molecule has 8 heteroatoms. The van der Waals surface area contributed by atoms with Crippen molar-refractivity contribution in [1.82, 2.24) is 15.5 Å². The summed E-state index contributed by atoms with van der Waals surface area (Å²) in [5.74, 6) is -0.977. The number of fused-ring (bicyclic) bond motifs is 1. The van der Waals surface area contributed by atoms with Crippen LogP contribution in [0.25, 0.3) is 10.8 Å². The van der Waals surface area contributed by atoms with Gasteiger partial charge in [-0.3, -0.25) is 14.4 Å². The number of benzene rings is 2. The van der Waals surface area contributed by atoms with Gasteiger partial charge in [-0.25, -0.2) is 0 Å². The van der Waals surface area contributed by atoms with Gasteiger partial charge in [0.1, 0.15) is 6.04 Å². The Morgan fingerprint density at radius 1 is 0.974 bits per heavy atom. The van der Waals surface area contributed by atoms with Crippen LogP contribution in [0.15, 0.2) is 42.5 Å². The fourth-order valence-corrected chi connectivity index (χ4v) is 5.34. The molecule has 1 saturated heterocycles. The molecular formula is C31H43N3O4S. The third kappa shape index (κ3) is 10.2. The molecule has 2 N–H and O–H groups in total. The van der Waals surface area contributed by atoms with Gasteiger partial charge in [-0.1, -0.05) is 107 Å². The van der Waals surface area contributed by atoms with Gasteiger partial charge in [0.05, 0.1) is 19.4 Å². The summed E-state index contributed by atoms with van der Waals surface area (Å²) < 4.78 is 5.42. The lowest BCUT2D eigenvalue weighted by molar-refractivity contribution is -0.147. The second-order valence-corrected chi connectivity index (χ2v) is 10.7. The lowest BCUT2D eigenvalue weighted by atomic mass is 10.0. The minimum Gasteiger partial charge on any atom is -0.466 e. The molecule has 2 aromatic rings. The van der Waals surface area contributed by atoms with E-state index in [0.717, 1.165) is 35.6 Å². The SMILES string of the molecule is CCCCCCCCCCCCOC(=O)CC1C(=O)NCCN1C(=S)NC(=O)Cc1cccc2ccccc12. The quantitative estimate of drug-likeness (QED) is 0.174. The molecule has 39 heavy (non-hydrogen) atoms. The average molecular weight is 554 g/mol. The number of piperazine rings is 1. The van der Waals surface area contributed by atoms with Crippen molar-refractivity contribution in [1.29, 1.82) is 0 Å². The van der Waals surface area contributed by atoms with E-state index < -0.39 is 12.0 Å². The minimum atomic E-state index is -0.802. The van der Waals surface area contributed by atoms with Gasteiger partial charge in [0, 0.05) is 13.1 Å². The lowest BCUT2D eigenvalue weighted by Crippen LogP contribution is -2.60. The fourth-order valence-electron chi connectivity index (χ4n) is 5.01. The van der Waals surface area contributed by atoms with Crippen LogP contribution in [0.5, 0.6) is 0 Å². The fraction of sp³-hybridized carbons (Fsp3) is 0.548. The van der Waals surface area contributed by atoms with Gasteiger partial charge in [0.15, 0.2) is 5.11 Å². The second-order valence-electron chi connectivity index (χ2n) is 10.3. The highest BCUT2D eigenvalue weighted by Gasteiger charge is 2.34. The summed E-state index contributed by atoms with van der Waals surface area (Å²) in [5, 5.41) is 7.79. The zero-order valence-electron chi connectivity index (χ0n) is 23.2. The first kappa shape index (κ1) is 30.5. The lowest BCUT2D eigenvalue weighted by Gasteiger charge is -2.36. The van der Waals surface area contributed by atoms with Crippen molar-refractivity contribution >= 4 is 45.9 Å². The Balaban J connectivity index is 1.40. The maximum absolute atomic E-state index is 12.8. The number of thiocarbonyl (C=S) groups is 1. The molecule has 7 nitrogen and oxygen atoms in total. The second kappa shape index (κ2) is 16.9. The summed E-state index contributed by atoms with van der Waals surface area (Å²) >= 11 is 5.49. The number of nitrogens with zero attached hydrogens (tertiary/aromatic N) is 1. The molecule has 1 atom stereocenters. The number of nitrogens with one attached hydrogen (secondary N) is 2. The van der Waals surface area contributed by atoms with E-state index >= 15 is 0 Å². The van der Waals surface area contributed by atoms with E-state index in [9.17, 15) is 14.4 Å². The summed E-state index contributed by atoms with van der Waals surface area (Å²) in [4.78, 5) is 39.6. The molecule has 1 aliphatic heterocycles. The molecule has 0 bridgehead atoms. The first-order valence-corrected chi connectivity index (χ1v) is 14.9. The Labute approximate surface area is 238 Å². The molecular weight excluding hydrogens is 510 g/mol.